The summed E-state index contributed by atoms with van der Waals surface area (Å²) < 4.78 is 0. The van der Waals surface area contributed by atoms with Crippen LogP contribution in [0.15, 0.2) is 12.7 Å². The fourth-order valence-electron chi connectivity index (χ4n) is 0.942. The van der Waals surface area contributed by atoms with Crippen molar-refractivity contribution in [3.05, 3.63) is 12.7 Å². The fraction of sp³-hybridized carbons (Fsp3) is 0.444. The molecule has 0 radical (unpaired) electrons. The highest BCUT2D eigenvalue weighted by molar-refractivity contribution is 5.85. The van der Waals surface area contributed by atoms with E-state index in [0.29, 0.717) is 6.42 Å². The third-order valence-electron chi connectivity index (χ3n) is 1.57. The van der Waals surface area contributed by atoms with E-state index in [0.717, 1.165) is 4.90 Å². The molecule has 0 spiro atoms. The van der Waals surface area contributed by atoms with Crippen LogP contribution < -0.4 is 0 Å². The van der Waals surface area contributed by atoms with Gasteiger partial charge in [0.15, 0.2) is 0 Å². The summed E-state index contributed by atoms with van der Waals surface area (Å²) in [4.78, 5) is 32.8. The predicted octanol–water partition coefficient (Wildman–Crippen LogP) is -0.0496. The average Bonchev–Trinajstić information content (AvgIpc) is 2.11. The van der Waals surface area contributed by atoms with Crippen molar-refractivity contribution in [3.8, 4) is 0 Å². The first-order chi connectivity index (χ1) is 6.97. The van der Waals surface area contributed by atoms with Crippen molar-refractivity contribution in [2.75, 3.05) is 13.1 Å². The summed E-state index contributed by atoms with van der Waals surface area (Å²) in [6.07, 6.45) is 1.98. The number of hydrogen-bond donors (Lipinski definition) is 2. The molecule has 2 N–H and O–H groups in total. The lowest BCUT2D eigenvalue weighted by Crippen LogP contribution is -2.39. The van der Waals surface area contributed by atoms with Crippen LogP contribution in [0.4, 0.5) is 0 Å². The highest BCUT2D eigenvalue weighted by Crippen LogP contribution is 1.98. The van der Waals surface area contributed by atoms with Gasteiger partial charge in [0.05, 0.1) is 0 Å². The Kier molecular flexibility index (Phi) is 5.77. The molecule has 0 aromatic heterocycles. The zero-order chi connectivity index (χ0) is 11.8. The van der Waals surface area contributed by atoms with Crippen molar-refractivity contribution in [2.24, 2.45) is 0 Å². The topological polar surface area (TPSA) is 94.9 Å². The number of rotatable bonds is 7. The van der Waals surface area contributed by atoms with Crippen molar-refractivity contribution in [1.29, 1.82) is 0 Å². The Labute approximate surface area is 86.8 Å². The van der Waals surface area contributed by atoms with Crippen molar-refractivity contribution in [3.63, 3.8) is 0 Å². The summed E-state index contributed by atoms with van der Waals surface area (Å²) in [5.74, 6) is -2.97. The number of carbonyl (C=O) groups excluding carboxylic acids is 1. The molecule has 6 nitrogen and oxygen atoms in total. The Morgan fingerprint density at radius 1 is 1.13 bits per heavy atom. The van der Waals surface area contributed by atoms with Gasteiger partial charge in [-0.1, -0.05) is 6.08 Å². The van der Waals surface area contributed by atoms with Crippen molar-refractivity contribution < 1.29 is 24.6 Å². The highest BCUT2D eigenvalue weighted by Gasteiger charge is 2.18. The lowest BCUT2D eigenvalue weighted by molar-refractivity contribution is -0.149. The molecule has 0 aliphatic heterocycles. The summed E-state index contributed by atoms with van der Waals surface area (Å²) in [7, 11) is 0. The lowest BCUT2D eigenvalue weighted by atomic mass is 10.2. The molecular formula is C9H13NO5. The Morgan fingerprint density at radius 3 is 1.93 bits per heavy atom. The molecule has 6 heteroatoms. The van der Waals surface area contributed by atoms with Crippen molar-refractivity contribution in [2.45, 2.75) is 12.8 Å². The number of hydrogen-bond acceptors (Lipinski definition) is 3. The van der Waals surface area contributed by atoms with E-state index >= 15 is 0 Å². The van der Waals surface area contributed by atoms with Crippen LogP contribution in [0.5, 0.6) is 0 Å². The molecular weight excluding hydrogens is 202 g/mol. The van der Waals surface area contributed by atoms with E-state index < -0.39 is 30.9 Å². The summed E-state index contributed by atoms with van der Waals surface area (Å²) >= 11 is 0. The molecule has 0 aliphatic carbocycles. The van der Waals surface area contributed by atoms with Crippen LogP contribution in [-0.4, -0.2) is 46.0 Å². The van der Waals surface area contributed by atoms with Gasteiger partial charge in [0.1, 0.15) is 13.1 Å². The zero-order valence-corrected chi connectivity index (χ0v) is 8.18. The maximum Gasteiger partial charge on any atom is 0.323 e. The second-order valence-electron chi connectivity index (χ2n) is 2.86. The normalized spacial score (nSPS) is 9.33. The molecule has 1 amide bonds. The number of nitrogens with zero attached hydrogens (tertiary/aromatic N) is 1. The zero-order valence-electron chi connectivity index (χ0n) is 8.18. The first-order valence-corrected chi connectivity index (χ1v) is 4.29. The van der Waals surface area contributed by atoms with Crippen LogP contribution in [0, 0.1) is 0 Å². The minimum atomic E-state index is -1.23. The van der Waals surface area contributed by atoms with Gasteiger partial charge >= 0.3 is 11.9 Å². The number of carboxylic acid groups (broad SMARTS) is 2. The van der Waals surface area contributed by atoms with Crippen LogP contribution in [0.1, 0.15) is 12.8 Å². The molecule has 0 saturated carbocycles. The standard InChI is InChI=1S/C9H13NO5/c1-2-3-4-7(11)10(5-8(12)13)6-9(14)15/h2H,1,3-6H2,(H,12,13)(H,14,15). The minimum Gasteiger partial charge on any atom is -0.480 e. The van der Waals surface area contributed by atoms with E-state index in [1.807, 2.05) is 0 Å². The van der Waals surface area contributed by atoms with Crippen LogP contribution in [0.25, 0.3) is 0 Å². The third kappa shape index (κ3) is 6.25. The molecule has 0 heterocycles. The van der Waals surface area contributed by atoms with E-state index in [1.54, 1.807) is 0 Å². The van der Waals surface area contributed by atoms with Gasteiger partial charge < -0.3 is 15.1 Å². The van der Waals surface area contributed by atoms with Crippen molar-refractivity contribution in [1.82, 2.24) is 4.90 Å². The summed E-state index contributed by atoms with van der Waals surface area (Å²) in [6, 6.07) is 0. The molecule has 0 unspecified atom stereocenters. The summed E-state index contributed by atoms with van der Waals surface area (Å²) in [5, 5.41) is 16.9. The number of aliphatic carboxylic acids is 2. The molecule has 0 bridgehead atoms. The Balaban J connectivity index is 4.32. The molecule has 15 heavy (non-hydrogen) atoms. The van der Waals surface area contributed by atoms with E-state index in [2.05, 4.69) is 6.58 Å². The van der Waals surface area contributed by atoms with Crippen LogP contribution in [-0.2, 0) is 14.4 Å². The Hall–Kier alpha value is -1.85. The smallest absolute Gasteiger partial charge is 0.323 e. The lowest BCUT2D eigenvalue weighted by Gasteiger charge is -2.17. The monoisotopic (exact) mass is 215 g/mol. The fourth-order valence-corrected chi connectivity index (χ4v) is 0.942. The van der Waals surface area contributed by atoms with Gasteiger partial charge in [0, 0.05) is 6.42 Å². The molecule has 84 valence electrons. The minimum absolute atomic E-state index is 0.0735. The van der Waals surface area contributed by atoms with Crippen molar-refractivity contribution >= 4 is 17.8 Å². The molecule has 0 atom stereocenters. The second kappa shape index (κ2) is 6.58. The number of allylic oxidation sites excluding steroid dienone is 1. The molecule has 0 aromatic rings. The van der Waals surface area contributed by atoms with Gasteiger partial charge in [-0.3, -0.25) is 14.4 Å². The first-order valence-electron chi connectivity index (χ1n) is 4.29. The first kappa shape index (κ1) is 13.2. The van der Waals surface area contributed by atoms with E-state index in [-0.39, 0.29) is 6.42 Å². The average molecular weight is 215 g/mol. The highest BCUT2D eigenvalue weighted by atomic mass is 16.4. The van der Waals surface area contributed by atoms with E-state index in [4.69, 9.17) is 10.2 Å². The van der Waals surface area contributed by atoms with Gasteiger partial charge in [-0.05, 0) is 6.42 Å². The number of carbonyl (C=O) groups is 3. The molecule has 0 fully saturated rings. The molecule has 0 rings (SSSR count). The van der Waals surface area contributed by atoms with Gasteiger partial charge in [0.2, 0.25) is 5.91 Å². The van der Waals surface area contributed by atoms with Crippen LogP contribution >= 0.6 is 0 Å². The second-order valence-corrected chi connectivity index (χ2v) is 2.86. The largest absolute Gasteiger partial charge is 0.480 e. The molecule has 0 saturated heterocycles. The van der Waals surface area contributed by atoms with E-state index in [9.17, 15) is 14.4 Å². The summed E-state index contributed by atoms with van der Waals surface area (Å²) in [6.45, 7) is 2.22. The quantitative estimate of drug-likeness (QED) is 0.580. The molecule has 0 aromatic carbocycles. The third-order valence-corrected chi connectivity index (χ3v) is 1.57. The number of carboxylic acids is 2. The summed E-state index contributed by atoms with van der Waals surface area (Å²) in [5.41, 5.74) is 0. The van der Waals surface area contributed by atoms with Crippen LogP contribution in [0.3, 0.4) is 0 Å². The van der Waals surface area contributed by atoms with Crippen LogP contribution in [0.2, 0.25) is 0 Å². The van der Waals surface area contributed by atoms with Gasteiger partial charge in [-0.25, -0.2) is 0 Å². The van der Waals surface area contributed by atoms with Gasteiger partial charge in [0.25, 0.3) is 0 Å². The Morgan fingerprint density at radius 2 is 1.60 bits per heavy atom. The number of amides is 1. The molecule has 0 aliphatic rings. The van der Waals surface area contributed by atoms with Gasteiger partial charge in [-0.15, -0.1) is 6.58 Å². The maximum atomic E-state index is 11.3. The SMILES string of the molecule is C=CCCC(=O)N(CC(=O)O)CC(=O)O. The maximum absolute atomic E-state index is 11.3. The van der Waals surface area contributed by atoms with E-state index in [1.165, 1.54) is 6.08 Å². The Bertz CT molecular complexity index is 258. The predicted molar refractivity (Wildman–Crippen MR) is 51.3 cm³/mol. The van der Waals surface area contributed by atoms with Gasteiger partial charge in [-0.2, -0.15) is 0 Å².